The van der Waals surface area contributed by atoms with E-state index in [9.17, 15) is 0 Å². The summed E-state index contributed by atoms with van der Waals surface area (Å²) in [7, 11) is 0. The molecule has 2 heterocycles. The minimum Gasteiger partial charge on any atom is -0.342 e. The first-order valence-electron chi connectivity index (χ1n) is 4.37. The largest absolute Gasteiger partial charge is 0.342 e. The monoisotopic (exact) mass is 167 g/mol. The molecule has 0 aliphatic carbocycles. The van der Waals surface area contributed by atoms with Gasteiger partial charge >= 0.3 is 0 Å². The molecule has 1 N–H and O–H groups in total. The lowest BCUT2D eigenvalue weighted by molar-refractivity contribution is 0.373. The van der Waals surface area contributed by atoms with Crippen molar-refractivity contribution in [1.29, 1.82) is 0 Å². The molecule has 0 radical (unpaired) electrons. The second kappa shape index (κ2) is 3.23. The van der Waals surface area contributed by atoms with E-state index < -0.39 is 0 Å². The molecule has 1 fully saturated rings. The molecule has 1 aromatic heterocycles. The number of aromatic nitrogens is 2. The maximum atomic E-state index is 4.94. The van der Waals surface area contributed by atoms with Crippen LogP contribution in [0.1, 0.15) is 30.2 Å². The minimum atomic E-state index is 0.553. The summed E-state index contributed by atoms with van der Waals surface area (Å²) < 4.78 is 4.94. The summed E-state index contributed by atoms with van der Waals surface area (Å²) in [5.74, 6) is 1.43. The van der Waals surface area contributed by atoms with Gasteiger partial charge in [0.05, 0.1) is 0 Å². The molecule has 0 aromatic carbocycles. The number of hydrogen-bond acceptors (Lipinski definition) is 4. The number of nitrogens with zero attached hydrogens (tertiary/aromatic N) is 2. The quantitative estimate of drug-likeness (QED) is 0.673. The van der Waals surface area contributed by atoms with Crippen LogP contribution in [-0.2, 0) is 0 Å². The van der Waals surface area contributed by atoms with Gasteiger partial charge in [-0.2, -0.15) is 0 Å². The van der Waals surface area contributed by atoms with Crippen LogP contribution in [0.5, 0.6) is 0 Å². The number of piperidine rings is 1. The van der Waals surface area contributed by atoms with Crippen LogP contribution in [0.3, 0.4) is 0 Å². The Kier molecular flexibility index (Phi) is 2.08. The van der Waals surface area contributed by atoms with Gasteiger partial charge in [0.1, 0.15) is 5.69 Å². The number of aryl methyl sites for hydroxylation is 1. The van der Waals surface area contributed by atoms with Gasteiger partial charge in [0.2, 0.25) is 0 Å². The summed E-state index contributed by atoms with van der Waals surface area (Å²) in [6.45, 7) is 4.09. The molecule has 4 heteroatoms. The highest BCUT2D eigenvalue weighted by molar-refractivity contribution is 5.10. The van der Waals surface area contributed by atoms with Crippen LogP contribution in [0.2, 0.25) is 0 Å². The highest BCUT2D eigenvalue weighted by atomic mass is 16.5. The van der Waals surface area contributed by atoms with Gasteiger partial charge in [-0.15, -0.1) is 5.10 Å². The molecule has 1 aliphatic rings. The van der Waals surface area contributed by atoms with Crippen LogP contribution in [0.15, 0.2) is 4.52 Å². The Balaban J connectivity index is 2.13. The van der Waals surface area contributed by atoms with Gasteiger partial charge in [0.15, 0.2) is 5.76 Å². The molecule has 12 heavy (non-hydrogen) atoms. The molecule has 0 unspecified atom stereocenters. The van der Waals surface area contributed by atoms with Crippen LogP contribution in [0, 0.1) is 6.92 Å². The lowest BCUT2D eigenvalue weighted by atomic mass is 9.94. The third-order valence-electron chi connectivity index (χ3n) is 2.41. The lowest BCUT2D eigenvalue weighted by Crippen LogP contribution is -2.27. The van der Waals surface area contributed by atoms with Crippen molar-refractivity contribution in [1.82, 2.24) is 15.7 Å². The van der Waals surface area contributed by atoms with Gasteiger partial charge in [-0.05, 0) is 32.9 Å². The van der Waals surface area contributed by atoms with Crippen molar-refractivity contribution in [2.45, 2.75) is 25.7 Å². The third kappa shape index (κ3) is 1.34. The Bertz CT molecular complexity index is 253. The van der Waals surface area contributed by atoms with Gasteiger partial charge in [-0.25, -0.2) is 0 Å². The minimum absolute atomic E-state index is 0.553. The molecule has 2 rings (SSSR count). The van der Waals surface area contributed by atoms with Gasteiger partial charge in [0, 0.05) is 11.2 Å². The van der Waals surface area contributed by atoms with E-state index in [0.29, 0.717) is 5.92 Å². The molecule has 0 amide bonds. The van der Waals surface area contributed by atoms with Crippen molar-refractivity contribution in [2.75, 3.05) is 13.1 Å². The molecule has 0 saturated carbocycles. The van der Waals surface area contributed by atoms with Crippen LogP contribution in [0.25, 0.3) is 0 Å². The first-order chi connectivity index (χ1) is 5.88. The first kappa shape index (κ1) is 7.73. The second-order valence-electron chi connectivity index (χ2n) is 3.24. The molecule has 1 aliphatic heterocycles. The predicted octanol–water partition coefficient (Wildman–Crippen LogP) is 0.845. The fourth-order valence-electron chi connectivity index (χ4n) is 1.71. The van der Waals surface area contributed by atoms with Crippen LogP contribution < -0.4 is 5.32 Å². The average molecular weight is 167 g/mol. The predicted molar refractivity (Wildman–Crippen MR) is 43.9 cm³/mol. The Hall–Kier alpha value is -0.900. The molecule has 0 bridgehead atoms. The van der Waals surface area contributed by atoms with Crippen molar-refractivity contribution in [3.63, 3.8) is 0 Å². The number of rotatable bonds is 1. The normalized spacial score (nSPS) is 19.8. The molecule has 0 spiro atoms. The smallest absolute Gasteiger partial charge is 0.157 e. The van der Waals surface area contributed by atoms with Crippen molar-refractivity contribution in [3.05, 3.63) is 11.5 Å². The zero-order chi connectivity index (χ0) is 8.39. The fourth-order valence-corrected chi connectivity index (χ4v) is 1.71. The van der Waals surface area contributed by atoms with E-state index in [4.69, 9.17) is 4.52 Å². The van der Waals surface area contributed by atoms with Crippen LogP contribution >= 0.6 is 0 Å². The summed E-state index contributed by atoms with van der Waals surface area (Å²) in [6, 6.07) is 0. The zero-order valence-electron chi connectivity index (χ0n) is 7.21. The van der Waals surface area contributed by atoms with E-state index in [0.717, 1.165) is 37.4 Å². The lowest BCUT2D eigenvalue weighted by Gasteiger charge is -2.20. The maximum absolute atomic E-state index is 4.94. The third-order valence-corrected chi connectivity index (χ3v) is 2.41. The molecule has 4 nitrogen and oxygen atoms in total. The van der Waals surface area contributed by atoms with E-state index in [2.05, 4.69) is 15.7 Å². The first-order valence-corrected chi connectivity index (χ1v) is 4.37. The van der Waals surface area contributed by atoms with Gasteiger partial charge in [-0.1, -0.05) is 0 Å². The van der Waals surface area contributed by atoms with E-state index in [-0.39, 0.29) is 0 Å². The highest BCUT2D eigenvalue weighted by Crippen LogP contribution is 2.25. The highest BCUT2D eigenvalue weighted by Gasteiger charge is 2.20. The topological polar surface area (TPSA) is 51.0 Å². The molecule has 1 saturated heterocycles. The van der Waals surface area contributed by atoms with Gasteiger partial charge < -0.3 is 9.84 Å². The number of hydrogen-bond donors (Lipinski definition) is 1. The van der Waals surface area contributed by atoms with Gasteiger partial charge in [0.25, 0.3) is 0 Å². The van der Waals surface area contributed by atoms with Crippen LogP contribution in [-0.4, -0.2) is 23.5 Å². The van der Waals surface area contributed by atoms with Gasteiger partial charge in [-0.3, -0.25) is 0 Å². The molecular formula is C8H13N3O. The standard InChI is InChI=1S/C8H13N3O/c1-6-8(10-11-12-6)7-2-4-9-5-3-7/h7,9H,2-5H2,1H3. The van der Waals surface area contributed by atoms with Crippen LogP contribution in [0.4, 0.5) is 0 Å². The van der Waals surface area contributed by atoms with E-state index in [1.165, 1.54) is 0 Å². The Labute approximate surface area is 71.3 Å². The van der Waals surface area contributed by atoms with Crippen molar-refractivity contribution < 1.29 is 4.52 Å². The maximum Gasteiger partial charge on any atom is 0.157 e. The molecular weight excluding hydrogens is 154 g/mol. The average Bonchev–Trinajstić information content (AvgIpc) is 2.53. The molecule has 0 atom stereocenters. The van der Waals surface area contributed by atoms with E-state index >= 15 is 0 Å². The summed E-state index contributed by atoms with van der Waals surface area (Å²) in [4.78, 5) is 0. The van der Waals surface area contributed by atoms with E-state index in [1.54, 1.807) is 0 Å². The van der Waals surface area contributed by atoms with Crippen molar-refractivity contribution >= 4 is 0 Å². The zero-order valence-corrected chi connectivity index (χ0v) is 7.21. The summed E-state index contributed by atoms with van der Waals surface area (Å²) in [5.41, 5.74) is 1.05. The SMILES string of the molecule is Cc1onnc1C1CCNCC1. The fraction of sp³-hybridized carbons (Fsp3) is 0.750. The second-order valence-corrected chi connectivity index (χ2v) is 3.24. The Morgan fingerprint density at radius 3 is 2.75 bits per heavy atom. The Morgan fingerprint density at radius 2 is 2.17 bits per heavy atom. The summed E-state index contributed by atoms with van der Waals surface area (Å²) in [5, 5.41) is 10.9. The number of nitrogens with one attached hydrogen (secondary N) is 1. The van der Waals surface area contributed by atoms with E-state index in [1.807, 2.05) is 6.92 Å². The Morgan fingerprint density at radius 1 is 1.42 bits per heavy atom. The summed E-state index contributed by atoms with van der Waals surface area (Å²) >= 11 is 0. The summed E-state index contributed by atoms with van der Waals surface area (Å²) in [6.07, 6.45) is 2.30. The molecule has 1 aromatic rings. The van der Waals surface area contributed by atoms with Crippen molar-refractivity contribution in [3.8, 4) is 0 Å². The van der Waals surface area contributed by atoms with Crippen molar-refractivity contribution in [2.24, 2.45) is 0 Å². The molecule has 66 valence electrons.